The zero-order valence-corrected chi connectivity index (χ0v) is 13.3. The van der Waals surface area contributed by atoms with E-state index < -0.39 is 23.7 Å². The minimum absolute atomic E-state index is 0.281. The first-order chi connectivity index (χ1) is 9.78. The summed E-state index contributed by atoms with van der Waals surface area (Å²) in [7, 11) is 0. The first-order valence-corrected chi connectivity index (χ1v) is 7.77. The molecule has 0 radical (unpaired) electrons. The standard InChI is InChI=1S/C15H21NO4S/c1-15(2,3)20-14(19)16-12(13(17)18)10-21-9-11-7-5-4-6-8-11/h4-8,12H,9-10H2,1-3H3,(H,16,19)(H,17,18)/t12-/m0/s1. The number of hydrogen-bond donors (Lipinski definition) is 2. The summed E-state index contributed by atoms with van der Waals surface area (Å²) in [6, 6.07) is 8.79. The van der Waals surface area contributed by atoms with Gasteiger partial charge >= 0.3 is 12.1 Å². The van der Waals surface area contributed by atoms with Crippen LogP contribution in [0.4, 0.5) is 4.79 Å². The van der Waals surface area contributed by atoms with E-state index in [1.54, 1.807) is 20.8 Å². The van der Waals surface area contributed by atoms with Crippen LogP contribution in [0.2, 0.25) is 0 Å². The number of thioether (sulfide) groups is 1. The van der Waals surface area contributed by atoms with Gasteiger partial charge in [-0.15, -0.1) is 0 Å². The average molecular weight is 311 g/mol. The summed E-state index contributed by atoms with van der Waals surface area (Å²) in [5.41, 5.74) is 0.466. The molecule has 0 saturated carbocycles. The fourth-order valence-electron chi connectivity index (χ4n) is 1.49. The van der Waals surface area contributed by atoms with Crippen molar-refractivity contribution in [2.24, 2.45) is 0 Å². The molecule has 6 heteroatoms. The quantitative estimate of drug-likeness (QED) is 0.845. The molecule has 116 valence electrons. The van der Waals surface area contributed by atoms with Crippen LogP contribution in [-0.2, 0) is 15.3 Å². The Morgan fingerprint density at radius 3 is 2.43 bits per heavy atom. The second-order valence-electron chi connectivity index (χ2n) is 5.54. The molecule has 0 spiro atoms. The molecule has 0 fully saturated rings. The summed E-state index contributed by atoms with van der Waals surface area (Å²) < 4.78 is 5.06. The molecular weight excluding hydrogens is 290 g/mol. The minimum atomic E-state index is -1.07. The summed E-state index contributed by atoms with van der Waals surface area (Å²) >= 11 is 1.45. The number of amides is 1. The summed E-state index contributed by atoms with van der Waals surface area (Å²) in [5, 5.41) is 11.5. The van der Waals surface area contributed by atoms with Gasteiger partial charge in [-0.25, -0.2) is 9.59 Å². The lowest BCUT2D eigenvalue weighted by Crippen LogP contribution is -2.44. The molecule has 1 aromatic carbocycles. The van der Waals surface area contributed by atoms with Gasteiger partial charge in [0.05, 0.1) is 0 Å². The molecule has 2 N–H and O–H groups in total. The highest BCUT2D eigenvalue weighted by Crippen LogP contribution is 2.13. The highest BCUT2D eigenvalue weighted by Gasteiger charge is 2.23. The van der Waals surface area contributed by atoms with Gasteiger partial charge in [0, 0.05) is 11.5 Å². The van der Waals surface area contributed by atoms with Crippen LogP contribution in [0.3, 0.4) is 0 Å². The number of carbonyl (C=O) groups is 2. The van der Waals surface area contributed by atoms with Crippen molar-refractivity contribution in [1.82, 2.24) is 5.32 Å². The molecule has 0 unspecified atom stereocenters. The molecule has 0 heterocycles. The van der Waals surface area contributed by atoms with E-state index >= 15 is 0 Å². The molecule has 0 aliphatic rings. The SMILES string of the molecule is CC(C)(C)OC(=O)N[C@@H](CSCc1ccccc1)C(=O)O. The van der Waals surface area contributed by atoms with Crippen LogP contribution in [0.5, 0.6) is 0 Å². The molecule has 1 aromatic rings. The maximum Gasteiger partial charge on any atom is 0.408 e. The molecule has 0 bridgehead atoms. The third-order valence-corrected chi connectivity index (χ3v) is 3.49. The van der Waals surface area contributed by atoms with E-state index in [0.29, 0.717) is 5.75 Å². The predicted octanol–water partition coefficient (Wildman–Crippen LogP) is 2.90. The van der Waals surface area contributed by atoms with Crippen LogP contribution in [0.25, 0.3) is 0 Å². The number of nitrogens with one attached hydrogen (secondary N) is 1. The number of carboxylic acids is 1. The number of aliphatic carboxylic acids is 1. The lowest BCUT2D eigenvalue weighted by molar-refractivity contribution is -0.138. The maximum atomic E-state index is 11.6. The summed E-state index contributed by atoms with van der Waals surface area (Å²) in [6.45, 7) is 5.19. The van der Waals surface area contributed by atoms with Gasteiger partial charge in [-0.1, -0.05) is 30.3 Å². The molecule has 0 aliphatic carbocycles. The monoisotopic (exact) mass is 311 g/mol. The Labute approximate surface area is 129 Å². The first kappa shape index (κ1) is 17.4. The fourth-order valence-corrected chi connectivity index (χ4v) is 2.50. The molecule has 5 nitrogen and oxygen atoms in total. The second-order valence-corrected chi connectivity index (χ2v) is 6.57. The number of hydrogen-bond acceptors (Lipinski definition) is 4. The van der Waals surface area contributed by atoms with Gasteiger partial charge in [0.15, 0.2) is 0 Å². The summed E-state index contributed by atoms with van der Waals surface area (Å²) in [5.74, 6) is -0.0919. The Balaban J connectivity index is 2.43. The Hall–Kier alpha value is -1.69. The highest BCUT2D eigenvalue weighted by molar-refractivity contribution is 7.98. The molecule has 0 aromatic heterocycles. The van der Waals surface area contributed by atoms with Gasteiger partial charge in [-0.05, 0) is 26.3 Å². The number of carbonyl (C=O) groups excluding carboxylic acids is 1. The van der Waals surface area contributed by atoms with E-state index in [4.69, 9.17) is 9.84 Å². The molecular formula is C15H21NO4S. The molecule has 1 amide bonds. The smallest absolute Gasteiger partial charge is 0.408 e. The van der Waals surface area contributed by atoms with Crippen LogP contribution < -0.4 is 5.32 Å². The highest BCUT2D eigenvalue weighted by atomic mass is 32.2. The largest absolute Gasteiger partial charge is 0.480 e. The maximum absolute atomic E-state index is 11.6. The van der Waals surface area contributed by atoms with Crippen molar-refractivity contribution >= 4 is 23.8 Å². The molecule has 0 aliphatic heterocycles. The lowest BCUT2D eigenvalue weighted by Gasteiger charge is -2.21. The molecule has 1 rings (SSSR count). The van der Waals surface area contributed by atoms with Crippen molar-refractivity contribution in [2.75, 3.05) is 5.75 Å². The van der Waals surface area contributed by atoms with E-state index in [1.807, 2.05) is 30.3 Å². The number of alkyl carbamates (subject to hydrolysis) is 1. The Bertz CT molecular complexity index is 470. The molecule has 1 atom stereocenters. The number of rotatable bonds is 6. The van der Waals surface area contributed by atoms with E-state index in [9.17, 15) is 9.59 Å². The third-order valence-electron chi connectivity index (χ3n) is 2.39. The van der Waals surface area contributed by atoms with Crippen LogP contribution in [0, 0.1) is 0 Å². The number of carboxylic acid groups (broad SMARTS) is 1. The average Bonchev–Trinajstić information content (AvgIpc) is 2.36. The second kappa shape index (κ2) is 7.93. The van der Waals surface area contributed by atoms with Crippen molar-refractivity contribution in [1.29, 1.82) is 0 Å². The van der Waals surface area contributed by atoms with Crippen molar-refractivity contribution in [3.8, 4) is 0 Å². The zero-order valence-electron chi connectivity index (χ0n) is 12.5. The number of benzene rings is 1. The third kappa shape index (κ3) is 7.60. The topological polar surface area (TPSA) is 75.6 Å². The molecule has 21 heavy (non-hydrogen) atoms. The first-order valence-electron chi connectivity index (χ1n) is 6.62. The van der Waals surface area contributed by atoms with Gasteiger partial charge in [-0.2, -0.15) is 11.8 Å². The van der Waals surface area contributed by atoms with Crippen LogP contribution in [0.15, 0.2) is 30.3 Å². The zero-order chi connectivity index (χ0) is 15.9. The van der Waals surface area contributed by atoms with Gasteiger partial charge in [0.25, 0.3) is 0 Å². The van der Waals surface area contributed by atoms with Gasteiger partial charge in [-0.3, -0.25) is 0 Å². The van der Waals surface area contributed by atoms with E-state index in [1.165, 1.54) is 11.8 Å². The minimum Gasteiger partial charge on any atom is -0.480 e. The van der Waals surface area contributed by atoms with Gasteiger partial charge < -0.3 is 15.2 Å². The van der Waals surface area contributed by atoms with Crippen LogP contribution in [0.1, 0.15) is 26.3 Å². The van der Waals surface area contributed by atoms with Gasteiger partial charge in [0.2, 0.25) is 0 Å². The Morgan fingerprint density at radius 2 is 1.90 bits per heavy atom. The normalized spacial score (nSPS) is 12.5. The van der Waals surface area contributed by atoms with Crippen molar-refractivity contribution in [2.45, 2.75) is 38.2 Å². The van der Waals surface area contributed by atoms with E-state index in [2.05, 4.69) is 5.32 Å². The number of ether oxygens (including phenoxy) is 1. The van der Waals surface area contributed by atoms with Crippen molar-refractivity contribution < 1.29 is 19.4 Å². The summed E-state index contributed by atoms with van der Waals surface area (Å²) in [6.07, 6.45) is -0.713. The van der Waals surface area contributed by atoms with Crippen LogP contribution >= 0.6 is 11.8 Å². The predicted molar refractivity (Wildman–Crippen MR) is 83.4 cm³/mol. The van der Waals surface area contributed by atoms with Crippen molar-refractivity contribution in [3.05, 3.63) is 35.9 Å². The fraction of sp³-hybridized carbons (Fsp3) is 0.467. The van der Waals surface area contributed by atoms with Gasteiger partial charge in [0.1, 0.15) is 11.6 Å². The van der Waals surface area contributed by atoms with E-state index in [-0.39, 0.29) is 5.75 Å². The summed E-state index contributed by atoms with van der Waals surface area (Å²) in [4.78, 5) is 22.8. The van der Waals surface area contributed by atoms with Crippen molar-refractivity contribution in [3.63, 3.8) is 0 Å². The van der Waals surface area contributed by atoms with Crippen LogP contribution in [-0.4, -0.2) is 34.6 Å². The molecule has 0 saturated heterocycles. The Morgan fingerprint density at radius 1 is 1.29 bits per heavy atom. The Kier molecular flexibility index (Phi) is 6.55. The van der Waals surface area contributed by atoms with E-state index in [0.717, 1.165) is 5.56 Å². The lowest BCUT2D eigenvalue weighted by atomic mass is 10.2.